The molecule has 1 fully saturated rings. The molecular formula is C16H21ClN2O3. The second-order valence-corrected chi connectivity index (χ2v) is 5.86. The molecule has 1 saturated carbocycles. The van der Waals surface area contributed by atoms with E-state index in [0.717, 1.165) is 25.7 Å². The number of halogens is 1. The van der Waals surface area contributed by atoms with Gasteiger partial charge in [-0.1, -0.05) is 30.9 Å². The lowest BCUT2D eigenvalue weighted by molar-refractivity contribution is -0.128. The maximum Gasteiger partial charge on any atom is 0.243 e. The van der Waals surface area contributed by atoms with Gasteiger partial charge in [0.05, 0.1) is 18.7 Å². The zero-order chi connectivity index (χ0) is 15.9. The van der Waals surface area contributed by atoms with Crippen LogP contribution in [0, 0.1) is 5.92 Å². The number of hydrogen-bond acceptors (Lipinski definition) is 3. The number of ether oxygens (including phenoxy) is 1. The van der Waals surface area contributed by atoms with Crippen LogP contribution in [0.15, 0.2) is 18.2 Å². The average Bonchev–Trinajstić information content (AvgIpc) is 2.53. The number of nitrogens with one attached hydrogen (secondary N) is 2. The van der Waals surface area contributed by atoms with Gasteiger partial charge in [0.15, 0.2) is 0 Å². The Balaban J connectivity index is 1.80. The molecule has 1 aliphatic rings. The fourth-order valence-electron chi connectivity index (χ4n) is 2.63. The summed E-state index contributed by atoms with van der Waals surface area (Å²) in [5.41, 5.74) is 0.572. The number of benzene rings is 1. The number of amides is 2. The quantitative estimate of drug-likeness (QED) is 0.875. The fourth-order valence-corrected chi connectivity index (χ4v) is 2.88. The van der Waals surface area contributed by atoms with Gasteiger partial charge in [-0.25, -0.2) is 0 Å². The molecule has 120 valence electrons. The summed E-state index contributed by atoms with van der Waals surface area (Å²) in [6, 6.07) is 4.99. The lowest BCUT2D eigenvalue weighted by Gasteiger charge is -2.20. The number of anilines is 1. The first-order valence-corrected chi connectivity index (χ1v) is 7.89. The standard InChI is InChI=1S/C16H21ClN2O3/c1-22-14-8-7-12(9-13(14)17)19-15(20)10-18-16(21)11-5-3-2-4-6-11/h7-9,11H,2-6,10H2,1H3,(H,18,21)(H,19,20). The summed E-state index contributed by atoms with van der Waals surface area (Å²) < 4.78 is 5.05. The van der Waals surface area contributed by atoms with Crippen molar-refractivity contribution >= 4 is 29.1 Å². The van der Waals surface area contributed by atoms with E-state index in [1.165, 1.54) is 13.5 Å². The molecule has 2 N–H and O–H groups in total. The smallest absolute Gasteiger partial charge is 0.243 e. The van der Waals surface area contributed by atoms with E-state index in [2.05, 4.69) is 10.6 Å². The van der Waals surface area contributed by atoms with Crippen LogP contribution in [-0.2, 0) is 9.59 Å². The van der Waals surface area contributed by atoms with E-state index in [1.807, 2.05) is 0 Å². The Morgan fingerprint density at radius 3 is 2.64 bits per heavy atom. The van der Waals surface area contributed by atoms with E-state index in [9.17, 15) is 9.59 Å². The van der Waals surface area contributed by atoms with Gasteiger partial charge in [0.25, 0.3) is 0 Å². The Morgan fingerprint density at radius 1 is 1.27 bits per heavy atom. The third-order valence-electron chi connectivity index (χ3n) is 3.83. The summed E-state index contributed by atoms with van der Waals surface area (Å²) >= 11 is 6.00. The Morgan fingerprint density at radius 2 is 2.00 bits per heavy atom. The summed E-state index contributed by atoms with van der Waals surface area (Å²) in [6.07, 6.45) is 5.22. The second-order valence-electron chi connectivity index (χ2n) is 5.45. The largest absolute Gasteiger partial charge is 0.495 e. The summed E-state index contributed by atoms with van der Waals surface area (Å²) in [4.78, 5) is 23.8. The van der Waals surface area contributed by atoms with Gasteiger partial charge in [-0.3, -0.25) is 9.59 Å². The Kier molecular flexibility index (Phi) is 6.07. The predicted molar refractivity (Wildman–Crippen MR) is 86.2 cm³/mol. The van der Waals surface area contributed by atoms with Crippen molar-refractivity contribution in [2.45, 2.75) is 32.1 Å². The van der Waals surface area contributed by atoms with Gasteiger partial charge in [-0.2, -0.15) is 0 Å². The van der Waals surface area contributed by atoms with Crippen molar-refractivity contribution in [1.82, 2.24) is 5.32 Å². The normalized spacial score (nSPS) is 15.2. The Hall–Kier alpha value is -1.75. The van der Waals surface area contributed by atoms with Gasteiger partial charge in [-0.15, -0.1) is 0 Å². The summed E-state index contributed by atoms with van der Waals surface area (Å²) in [5, 5.41) is 5.82. The molecule has 0 atom stereocenters. The van der Waals surface area contributed by atoms with Crippen LogP contribution in [0.1, 0.15) is 32.1 Å². The summed E-state index contributed by atoms with van der Waals surface area (Å²) in [7, 11) is 1.53. The van der Waals surface area contributed by atoms with Gasteiger partial charge >= 0.3 is 0 Å². The number of carbonyl (C=O) groups excluding carboxylic acids is 2. The highest BCUT2D eigenvalue weighted by atomic mass is 35.5. The first kappa shape index (κ1) is 16.6. The van der Waals surface area contributed by atoms with Crippen LogP contribution in [0.2, 0.25) is 5.02 Å². The molecule has 0 heterocycles. The summed E-state index contributed by atoms with van der Waals surface area (Å²) in [5.74, 6) is 0.301. The first-order valence-electron chi connectivity index (χ1n) is 7.51. The molecule has 5 nitrogen and oxygen atoms in total. The molecule has 0 saturated heterocycles. The van der Waals surface area contributed by atoms with Crippen LogP contribution < -0.4 is 15.4 Å². The molecule has 0 spiro atoms. The SMILES string of the molecule is COc1ccc(NC(=O)CNC(=O)C2CCCCC2)cc1Cl. The van der Waals surface area contributed by atoms with E-state index < -0.39 is 0 Å². The second kappa shape index (κ2) is 8.03. The van der Waals surface area contributed by atoms with Crippen molar-refractivity contribution < 1.29 is 14.3 Å². The predicted octanol–water partition coefficient (Wildman–Crippen LogP) is 2.98. The number of carbonyl (C=O) groups is 2. The minimum Gasteiger partial charge on any atom is -0.495 e. The molecule has 0 aliphatic heterocycles. The van der Waals surface area contributed by atoms with Crippen molar-refractivity contribution in [2.24, 2.45) is 5.92 Å². The van der Waals surface area contributed by atoms with E-state index >= 15 is 0 Å². The zero-order valence-electron chi connectivity index (χ0n) is 12.7. The van der Waals surface area contributed by atoms with Crippen LogP contribution >= 0.6 is 11.6 Å². The van der Waals surface area contributed by atoms with Crippen LogP contribution in [0.4, 0.5) is 5.69 Å². The molecule has 0 unspecified atom stereocenters. The lowest BCUT2D eigenvalue weighted by Crippen LogP contribution is -2.37. The monoisotopic (exact) mass is 324 g/mol. The van der Waals surface area contributed by atoms with Crippen molar-refractivity contribution in [1.29, 1.82) is 0 Å². The van der Waals surface area contributed by atoms with Crippen molar-refractivity contribution in [3.05, 3.63) is 23.2 Å². The molecule has 0 radical (unpaired) electrons. The number of hydrogen-bond donors (Lipinski definition) is 2. The zero-order valence-corrected chi connectivity index (χ0v) is 13.4. The van der Waals surface area contributed by atoms with E-state index in [1.54, 1.807) is 18.2 Å². The van der Waals surface area contributed by atoms with Crippen LogP contribution in [-0.4, -0.2) is 25.5 Å². The average molecular weight is 325 g/mol. The van der Waals surface area contributed by atoms with Gasteiger partial charge < -0.3 is 15.4 Å². The van der Waals surface area contributed by atoms with Crippen LogP contribution in [0.3, 0.4) is 0 Å². The highest BCUT2D eigenvalue weighted by Crippen LogP contribution is 2.27. The third kappa shape index (κ3) is 4.63. The molecule has 22 heavy (non-hydrogen) atoms. The van der Waals surface area contributed by atoms with Crippen molar-refractivity contribution in [2.75, 3.05) is 19.0 Å². The molecule has 6 heteroatoms. The molecule has 2 rings (SSSR count). The summed E-state index contributed by atoms with van der Waals surface area (Å²) in [6.45, 7) is -0.0288. The van der Waals surface area contributed by atoms with Crippen LogP contribution in [0.5, 0.6) is 5.75 Å². The highest BCUT2D eigenvalue weighted by molar-refractivity contribution is 6.32. The number of rotatable bonds is 5. The molecule has 1 aliphatic carbocycles. The maximum absolute atomic E-state index is 12.0. The van der Waals surface area contributed by atoms with Gasteiger partial charge in [0, 0.05) is 11.6 Å². The molecular weight excluding hydrogens is 304 g/mol. The van der Waals surface area contributed by atoms with Crippen molar-refractivity contribution in [3.63, 3.8) is 0 Å². The van der Waals surface area contributed by atoms with E-state index in [0.29, 0.717) is 16.5 Å². The molecule has 1 aromatic rings. The van der Waals surface area contributed by atoms with Gasteiger partial charge in [0.1, 0.15) is 5.75 Å². The third-order valence-corrected chi connectivity index (χ3v) is 4.13. The molecule has 2 amide bonds. The minimum atomic E-state index is -0.273. The van der Waals surface area contributed by atoms with Crippen molar-refractivity contribution in [3.8, 4) is 5.75 Å². The lowest BCUT2D eigenvalue weighted by atomic mass is 9.89. The minimum absolute atomic E-state index is 0.0254. The molecule has 0 aromatic heterocycles. The first-order chi connectivity index (χ1) is 10.6. The van der Waals surface area contributed by atoms with E-state index in [-0.39, 0.29) is 24.3 Å². The van der Waals surface area contributed by atoms with E-state index in [4.69, 9.17) is 16.3 Å². The van der Waals surface area contributed by atoms with Gasteiger partial charge in [-0.05, 0) is 31.0 Å². The number of methoxy groups -OCH3 is 1. The Bertz CT molecular complexity index is 542. The van der Waals surface area contributed by atoms with Crippen LogP contribution in [0.25, 0.3) is 0 Å². The highest BCUT2D eigenvalue weighted by Gasteiger charge is 2.21. The topological polar surface area (TPSA) is 67.4 Å². The Labute approximate surface area is 135 Å². The fraction of sp³-hybridized carbons (Fsp3) is 0.500. The molecule has 0 bridgehead atoms. The molecule has 1 aromatic carbocycles. The maximum atomic E-state index is 12.0. The van der Waals surface area contributed by atoms with Gasteiger partial charge in [0.2, 0.25) is 11.8 Å².